The maximum absolute atomic E-state index is 12.1. The van der Waals surface area contributed by atoms with Gasteiger partial charge in [0.1, 0.15) is 5.52 Å². The summed E-state index contributed by atoms with van der Waals surface area (Å²) in [5.74, 6) is -0.979. The molecule has 0 aliphatic carbocycles. The number of nitrogens with one attached hydrogen (secondary N) is 1. The van der Waals surface area contributed by atoms with Crippen molar-refractivity contribution >= 4 is 34.5 Å². The Balaban J connectivity index is 1.54. The fraction of sp³-hybridized carbons (Fsp3) is 0.222. The molecule has 0 aliphatic rings. The Labute approximate surface area is 154 Å². The zero-order valence-corrected chi connectivity index (χ0v) is 14.9. The van der Waals surface area contributed by atoms with E-state index in [9.17, 15) is 9.59 Å². The molecule has 26 heavy (non-hydrogen) atoms. The summed E-state index contributed by atoms with van der Waals surface area (Å²) in [7, 11) is 0. The average Bonchev–Trinajstić information content (AvgIpc) is 3.06. The van der Waals surface area contributed by atoms with Crippen molar-refractivity contribution in [3.05, 3.63) is 58.6 Å². The van der Waals surface area contributed by atoms with Crippen molar-refractivity contribution in [2.75, 3.05) is 6.61 Å². The molecule has 1 amide bonds. The van der Waals surface area contributed by atoms with E-state index in [1.807, 2.05) is 13.0 Å². The minimum Gasteiger partial charge on any atom is -0.452 e. The van der Waals surface area contributed by atoms with E-state index in [-0.39, 0.29) is 6.61 Å². The van der Waals surface area contributed by atoms with Crippen molar-refractivity contribution in [3.63, 3.8) is 0 Å². The van der Waals surface area contributed by atoms with Crippen LogP contribution in [-0.2, 0) is 22.6 Å². The Morgan fingerprint density at radius 1 is 1.23 bits per heavy atom. The third-order valence-corrected chi connectivity index (χ3v) is 4.00. The first-order chi connectivity index (χ1) is 12.6. The number of aromatic nitrogens is 3. The van der Waals surface area contributed by atoms with Gasteiger partial charge in [0.25, 0.3) is 5.91 Å². The van der Waals surface area contributed by atoms with Crippen molar-refractivity contribution < 1.29 is 14.3 Å². The number of nitrogens with zero attached hydrogens (tertiary/aromatic N) is 3. The van der Waals surface area contributed by atoms with Crippen LogP contribution >= 0.6 is 11.6 Å². The van der Waals surface area contributed by atoms with Gasteiger partial charge in [-0.15, -0.1) is 5.10 Å². The van der Waals surface area contributed by atoms with Gasteiger partial charge < -0.3 is 10.1 Å². The summed E-state index contributed by atoms with van der Waals surface area (Å²) in [6, 6.07) is 12.1. The maximum atomic E-state index is 12.1. The van der Waals surface area contributed by atoms with Gasteiger partial charge in [-0.3, -0.25) is 4.79 Å². The summed E-state index contributed by atoms with van der Waals surface area (Å²) in [6.45, 7) is 2.59. The minimum absolute atomic E-state index is 0.309. The summed E-state index contributed by atoms with van der Waals surface area (Å²) < 4.78 is 6.78. The first kappa shape index (κ1) is 17.9. The van der Waals surface area contributed by atoms with Gasteiger partial charge in [0.05, 0.1) is 11.1 Å². The third-order valence-electron chi connectivity index (χ3n) is 3.76. The van der Waals surface area contributed by atoms with E-state index in [2.05, 4.69) is 15.6 Å². The molecule has 0 radical (unpaired) electrons. The number of aryl methyl sites for hydroxylation is 1. The van der Waals surface area contributed by atoms with Crippen molar-refractivity contribution in [2.24, 2.45) is 0 Å². The quantitative estimate of drug-likeness (QED) is 0.672. The predicted octanol–water partition coefficient (Wildman–Crippen LogP) is 2.58. The second kappa shape index (κ2) is 7.97. The lowest BCUT2D eigenvalue weighted by molar-refractivity contribution is -0.124. The zero-order chi connectivity index (χ0) is 18.5. The number of hydrogen-bond donors (Lipinski definition) is 1. The first-order valence-electron chi connectivity index (χ1n) is 8.08. The molecule has 1 aromatic heterocycles. The van der Waals surface area contributed by atoms with E-state index < -0.39 is 11.9 Å². The minimum atomic E-state index is -0.587. The highest BCUT2D eigenvalue weighted by molar-refractivity contribution is 6.30. The molecule has 0 saturated heterocycles. The summed E-state index contributed by atoms with van der Waals surface area (Å²) in [5.41, 5.74) is 2.62. The lowest BCUT2D eigenvalue weighted by Gasteiger charge is -2.07. The molecule has 0 saturated carbocycles. The predicted molar refractivity (Wildman–Crippen MR) is 96.8 cm³/mol. The number of carbonyl (C=O) groups excluding carboxylic acids is 2. The lowest BCUT2D eigenvalue weighted by atomic mass is 10.2. The summed E-state index contributed by atoms with van der Waals surface area (Å²) >= 11 is 5.89. The van der Waals surface area contributed by atoms with E-state index in [1.54, 1.807) is 41.1 Å². The van der Waals surface area contributed by atoms with Crippen LogP contribution in [0.3, 0.4) is 0 Å². The van der Waals surface area contributed by atoms with Crippen LogP contribution in [0.15, 0.2) is 42.5 Å². The molecule has 3 aromatic rings. The molecule has 0 aliphatic heterocycles. The number of esters is 1. The summed E-state index contributed by atoms with van der Waals surface area (Å²) in [4.78, 5) is 24.0. The van der Waals surface area contributed by atoms with Gasteiger partial charge in [-0.25, -0.2) is 9.48 Å². The van der Waals surface area contributed by atoms with Crippen molar-refractivity contribution in [2.45, 2.75) is 20.0 Å². The van der Waals surface area contributed by atoms with Gasteiger partial charge in [-0.1, -0.05) is 28.9 Å². The number of carbonyl (C=O) groups is 2. The second-order valence-electron chi connectivity index (χ2n) is 5.59. The molecule has 1 N–H and O–H groups in total. The van der Waals surface area contributed by atoms with Gasteiger partial charge >= 0.3 is 5.97 Å². The van der Waals surface area contributed by atoms with Gasteiger partial charge in [0.2, 0.25) is 0 Å². The Bertz CT molecular complexity index is 955. The third kappa shape index (κ3) is 4.18. The van der Waals surface area contributed by atoms with E-state index in [0.717, 1.165) is 11.1 Å². The van der Waals surface area contributed by atoms with Crippen LogP contribution in [0, 0.1) is 0 Å². The largest absolute Gasteiger partial charge is 0.452 e. The van der Waals surface area contributed by atoms with Crippen LogP contribution in [-0.4, -0.2) is 33.5 Å². The first-order valence-corrected chi connectivity index (χ1v) is 8.46. The molecule has 1 heterocycles. The molecule has 7 nitrogen and oxygen atoms in total. The van der Waals surface area contributed by atoms with Crippen molar-refractivity contribution in [1.82, 2.24) is 20.3 Å². The van der Waals surface area contributed by atoms with E-state index >= 15 is 0 Å². The van der Waals surface area contributed by atoms with Gasteiger partial charge in [-0.2, -0.15) is 0 Å². The number of rotatable bonds is 6. The number of amides is 1. The smallest absolute Gasteiger partial charge is 0.338 e. The lowest BCUT2D eigenvalue weighted by Crippen LogP contribution is -2.28. The topological polar surface area (TPSA) is 86.1 Å². The molecule has 0 bridgehead atoms. The standard InChI is InChI=1S/C18H17ClN4O3/c1-2-23-16-7-6-13(9-15(16)21-22-23)18(25)26-11-17(24)20-10-12-4-3-5-14(19)8-12/h3-9H,2,10-11H2,1H3,(H,20,24). The highest BCUT2D eigenvalue weighted by Gasteiger charge is 2.13. The van der Waals surface area contributed by atoms with Crippen LogP contribution in [0.25, 0.3) is 11.0 Å². The summed E-state index contributed by atoms with van der Waals surface area (Å²) in [5, 5.41) is 11.3. The Hall–Kier alpha value is -2.93. The number of halogens is 1. The van der Waals surface area contributed by atoms with E-state index in [0.29, 0.717) is 29.2 Å². The van der Waals surface area contributed by atoms with Crippen LogP contribution < -0.4 is 5.32 Å². The molecule has 0 spiro atoms. The van der Waals surface area contributed by atoms with Crippen molar-refractivity contribution in [3.8, 4) is 0 Å². The molecular weight excluding hydrogens is 356 g/mol. The molecular formula is C18H17ClN4O3. The molecule has 8 heteroatoms. The maximum Gasteiger partial charge on any atom is 0.338 e. The molecule has 3 rings (SSSR count). The molecule has 0 atom stereocenters. The van der Waals surface area contributed by atoms with E-state index in [4.69, 9.17) is 16.3 Å². The number of hydrogen-bond acceptors (Lipinski definition) is 5. The van der Waals surface area contributed by atoms with Gasteiger partial charge in [-0.05, 0) is 42.8 Å². The number of benzene rings is 2. The highest BCUT2D eigenvalue weighted by Crippen LogP contribution is 2.14. The number of ether oxygens (including phenoxy) is 1. The molecule has 0 unspecified atom stereocenters. The molecule has 2 aromatic carbocycles. The van der Waals surface area contributed by atoms with Crippen molar-refractivity contribution in [1.29, 1.82) is 0 Å². The van der Waals surface area contributed by atoms with Crippen LogP contribution in [0.2, 0.25) is 5.02 Å². The summed E-state index contributed by atoms with van der Waals surface area (Å²) in [6.07, 6.45) is 0. The van der Waals surface area contributed by atoms with Gasteiger partial charge in [0.15, 0.2) is 6.61 Å². The molecule has 134 valence electrons. The highest BCUT2D eigenvalue weighted by atomic mass is 35.5. The molecule has 0 fully saturated rings. The monoisotopic (exact) mass is 372 g/mol. The average molecular weight is 373 g/mol. The van der Waals surface area contributed by atoms with Crippen LogP contribution in [0.4, 0.5) is 0 Å². The number of fused-ring (bicyclic) bond motifs is 1. The Morgan fingerprint density at radius 3 is 2.85 bits per heavy atom. The fourth-order valence-corrected chi connectivity index (χ4v) is 2.66. The SMILES string of the molecule is CCn1nnc2cc(C(=O)OCC(=O)NCc3cccc(Cl)c3)ccc21. The van der Waals surface area contributed by atoms with Crippen LogP contribution in [0.5, 0.6) is 0 Å². The van der Waals surface area contributed by atoms with E-state index in [1.165, 1.54) is 0 Å². The second-order valence-corrected chi connectivity index (χ2v) is 6.03. The Kier molecular flexibility index (Phi) is 5.48. The zero-order valence-electron chi connectivity index (χ0n) is 14.1. The normalized spacial score (nSPS) is 10.7. The van der Waals surface area contributed by atoms with Crippen LogP contribution in [0.1, 0.15) is 22.8 Å². The Morgan fingerprint density at radius 2 is 2.08 bits per heavy atom. The fourth-order valence-electron chi connectivity index (χ4n) is 2.45. The van der Waals surface area contributed by atoms with Gasteiger partial charge in [0, 0.05) is 18.1 Å².